The predicted octanol–water partition coefficient (Wildman–Crippen LogP) is 3.63. The lowest BCUT2D eigenvalue weighted by Gasteiger charge is -2.21. The molecular weight excluding hydrogens is 366 g/mol. The van der Waals surface area contributed by atoms with Gasteiger partial charge in [-0.05, 0) is 45.0 Å². The molecule has 150 valence electrons. The number of rotatable bonds is 6. The summed E-state index contributed by atoms with van der Waals surface area (Å²) in [6.45, 7) is 5.38. The summed E-state index contributed by atoms with van der Waals surface area (Å²) < 4.78 is 7.23. The van der Waals surface area contributed by atoms with E-state index in [1.165, 1.54) is 4.90 Å². The van der Waals surface area contributed by atoms with E-state index in [-0.39, 0.29) is 12.3 Å². The van der Waals surface area contributed by atoms with E-state index in [0.29, 0.717) is 0 Å². The average molecular weight is 391 g/mol. The quantitative estimate of drug-likeness (QED) is 0.602. The number of hydrogen-bond acceptors (Lipinski definition) is 4. The fraction of sp³-hybridized carbons (Fsp3) is 0.261. The fourth-order valence-electron chi connectivity index (χ4n) is 3.24. The van der Waals surface area contributed by atoms with Gasteiger partial charge in [-0.3, -0.25) is 9.59 Å². The van der Waals surface area contributed by atoms with Crippen LogP contribution in [0.5, 0.6) is 0 Å². The normalized spacial score (nSPS) is 11.7. The monoisotopic (exact) mass is 391 g/mol. The van der Waals surface area contributed by atoms with E-state index in [2.05, 4.69) is 5.10 Å². The number of anilines is 1. The zero-order valence-electron chi connectivity index (χ0n) is 17.1. The van der Waals surface area contributed by atoms with Gasteiger partial charge in [-0.15, -0.1) is 0 Å². The first-order valence-electron chi connectivity index (χ1n) is 9.51. The minimum Gasteiger partial charge on any atom is -0.452 e. The standard InChI is InChI=1S/C23H25N3O3/c1-16-21(17(2)26(24-16)20-13-9-6-10-14-20)15-22(27)29-18(3)23(28)25(4)19-11-7-5-8-12-19/h5-14,18H,15H2,1-4H3/t18-/m0/s1. The molecule has 3 rings (SSSR count). The topological polar surface area (TPSA) is 64.4 Å². The molecule has 29 heavy (non-hydrogen) atoms. The SMILES string of the molecule is Cc1nn(-c2ccccc2)c(C)c1CC(=O)O[C@@H](C)C(=O)N(C)c1ccccc1. The summed E-state index contributed by atoms with van der Waals surface area (Å²) in [6.07, 6.45) is -0.811. The van der Waals surface area contributed by atoms with Crippen molar-refractivity contribution in [3.05, 3.63) is 77.6 Å². The van der Waals surface area contributed by atoms with Crippen molar-refractivity contribution in [3.63, 3.8) is 0 Å². The maximum atomic E-state index is 12.6. The largest absolute Gasteiger partial charge is 0.452 e. The number of amides is 1. The first kappa shape index (κ1) is 20.3. The molecule has 0 N–H and O–H groups in total. The van der Waals surface area contributed by atoms with Crippen LogP contribution in [0.1, 0.15) is 23.9 Å². The van der Waals surface area contributed by atoms with Crippen LogP contribution < -0.4 is 4.90 Å². The molecule has 0 bridgehead atoms. The highest BCUT2D eigenvalue weighted by Gasteiger charge is 2.24. The highest BCUT2D eigenvalue weighted by molar-refractivity contribution is 5.96. The fourth-order valence-corrected chi connectivity index (χ4v) is 3.24. The summed E-state index contributed by atoms with van der Waals surface area (Å²) in [6, 6.07) is 19.0. The van der Waals surface area contributed by atoms with Crippen LogP contribution in [0.4, 0.5) is 5.69 Å². The molecule has 0 aliphatic carbocycles. The van der Waals surface area contributed by atoms with Crippen molar-refractivity contribution in [2.24, 2.45) is 0 Å². The van der Waals surface area contributed by atoms with Gasteiger partial charge in [0.15, 0.2) is 6.10 Å². The first-order valence-corrected chi connectivity index (χ1v) is 9.51. The van der Waals surface area contributed by atoms with Gasteiger partial charge in [-0.2, -0.15) is 5.10 Å². The van der Waals surface area contributed by atoms with Crippen LogP contribution >= 0.6 is 0 Å². The lowest BCUT2D eigenvalue weighted by Crippen LogP contribution is -2.37. The number of aromatic nitrogens is 2. The van der Waals surface area contributed by atoms with Crippen molar-refractivity contribution in [1.82, 2.24) is 9.78 Å². The van der Waals surface area contributed by atoms with Crippen LogP contribution in [0.25, 0.3) is 5.69 Å². The van der Waals surface area contributed by atoms with Gasteiger partial charge in [0.25, 0.3) is 5.91 Å². The molecular formula is C23H25N3O3. The Kier molecular flexibility index (Phi) is 6.12. The van der Waals surface area contributed by atoms with E-state index in [1.807, 2.05) is 79.2 Å². The maximum Gasteiger partial charge on any atom is 0.311 e. The summed E-state index contributed by atoms with van der Waals surface area (Å²) in [5, 5.41) is 4.55. The van der Waals surface area contributed by atoms with Gasteiger partial charge in [-0.25, -0.2) is 4.68 Å². The smallest absolute Gasteiger partial charge is 0.311 e. The van der Waals surface area contributed by atoms with Crippen LogP contribution in [-0.4, -0.2) is 34.8 Å². The second-order valence-electron chi connectivity index (χ2n) is 6.94. The minimum atomic E-state index is -0.877. The van der Waals surface area contributed by atoms with E-state index >= 15 is 0 Å². The lowest BCUT2D eigenvalue weighted by atomic mass is 10.1. The molecule has 1 amide bonds. The Morgan fingerprint density at radius 2 is 1.62 bits per heavy atom. The van der Waals surface area contributed by atoms with E-state index in [9.17, 15) is 9.59 Å². The molecule has 6 heteroatoms. The maximum absolute atomic E-state index is 12.6. The molecule has 0 aliphatic rings. The van der Waals surface area contributed by atoms with E-state index in [0.717, 1.165) is 28.3 Å². The Morgan fingerprint density at radius 1 is 1.03 bits per heavy atom. The molecule has 0 spiro atoms. The molecule has 1 heterocycles. The van der Waals surface area contributed by atoms with Crippen LogP contribution in [0.15, 0.2) is 60.7 Å². The van der Waals surface area contributed by atoms with Gasteiger partial charge in [0, 0.05) is 24.0 Å². The highest BCUT2D eigenvalue weighted by atomic mass is 16.5. The van der Waals surface area contributed by atoms with Crippen molar-refractivity contribution in [2.75, 3.05) is 11.9 Å². The van der Waals surface area contributed by atoms with Crippen LogP contribution in [0, 0.1) is 13.8 Å². The molecule has 0 saturated heterocycles. The Balaban J connectivity index is 1.68. The average Bonchev–Trinajstić information content (AvgIpc) is 3.02. The molecule has 2 aromatic carbocycles. The number of hydrogen-bond donors (Lipinski definition) is 0. The molecule has 0 saturated carbocycles. The molecule has 0 radical (unpaired) electrons. The zero-order chi connectivity index (χ0) is 21.0. The summed E-state index contributed by atoms with van der Waals surface area (Å²) >= 11 is 0. The third kappa shape index (κ3) is 4.54. The van der Waals surface area contributed by atoms with Crippen LogP contribution in [0.3, 0.4) is 0 Å². The number of carbonyl (C=O) groups excluding carboxylic acids is 2. The summed E-state index contributed by atoms with van der Waals surface area (Å²) in [5.41, 5.74) is 4.14. The Labute approximate surface area is 170 Å². The number of para-hydroxylation sites is 2. The molecule has 0 fully saturated rings. The van der Waals surface area contributed by atoms with Gasteiger partial charge in [0.2, 0.25) is 0 Å². The number of likely N-dealkylation sites (N-methyl/N-ethyl adjacent to an activating group) is 1. The number of benzene rings is 2. The number of aryl methyl sites for hydroxylation is 1. The summed E-state index contributed by atoms with van der Waals surface area (Å²) in [5.74, 6) is -0.732. The van der Waals surface area contributed by atoms with Crippen LogP contribution in [0.2, 0.25) is 0 Å². The lowest BCUT2D eigenvalue weighted by molar-refractivity contribution is -0.153. The summed E-state index contributed by atoms with van der Waals surface area (Å²) in [7, 11) is 1.67. The molecule has 1 aromatic heterocycles. The van der Waals surface area contributed by atoms with Gasteiger partial charge >= 0.3 is 5.97 Å². The second kappa shape index (κ2) is 8.73. The van der Waals surface area contributed by atoms with Gasteiger partial charge in [0.1, 0.15) is 0 Å². The van der Waals surface area contributed by atoms with Gasteiger partial charge in [-0.1, -0.05) is 36.4 Å². The Bertz CT molecular complexity index is 997. The van der Waals surface area contributed by atoms with Crippen molar-refractivity contribution < 1.29 is 14.3 Å². The van der Waals surface area contributed by atoms with Gasteiger partial charge in [0.05, 0.1) is 17.8 Å². The molecule has 6 nitrogen and oxygen atoms in total. The van der Waals surface area contributed by atoms with Crippen molar-refractivity contribution in [1.29, 1.82) is 0 Å². The van der Waals surface area contributed by atoms with Gasteiger partial charge < -0.3 is 9.64 Å². The number of carbonyl (C=O) groups is 2. The zero-order valence-corrected chi connectivity index (χ0v) is 17.1. The molecule has 3 aromatic rings. The Hall–Kier alpha value is -3.41. The summed E-state index contributed by atoms with van der Waals surface area (Å²) in [4.78, 5) is 26.6. The first-order chi connectivity index (χ1) is 13.9. The molecule has 1 atom stereocenters. The van der Waals surface area contributed by atoms with Crippen molar-refractivity contribution in [2.45, 2.75) is 33.3 Å². The van der Waals surface area contributed by atoms with E-state index in [1.54, 1.807) is 14.0 Å². The van der Waals surface area contributed by atoms with E-state index in [4.69, 9.17) is 4.74 Å². The van der Waals surface area contributed by atoms with Crippen LogP contribution in [-0.2, 0) is 20.7 Å². The number of ether oxygens (including phenoxy) is 1. The van der Waals surface area contributed by atoms with Crippen molar-refractivity contribution in [3.8, 4) is 5.69 Å². The highest BCUT2D eigenvalue weighted by Crippen LogP contribution is 2.19. The predicted molar refractivity (Wildman–Crippen MR) is 112 cm³/mol. The molecule has 0 unspecified atom stereocenters. The third-order valence-electron chi connectivity index (χ3n) is 4.89. The number of esters is 1. The third-order valence-corrected chi connectivity index (χ3v) is 4.89. The van der Waals surface area contributed by atoms with Crippen molar-refractivity contribution >= 4 is 17.6 Å². The minimum absolute atomic E-state index is 0.0666. The second-order valence-corrected chi connectivity index (χ2v) is 6.94. The Morgan fingerprint density at radius 3 is 2.24 bits per heavy atom. The number of nitrogens with zero attached hydrogens (tertiary/aromatic N) is 3. The van der Waals surface area contributed by atoms with E-state index < -0.39 is 12.1 Å². The molecule has 0 aliphatic heterocycles.